The molecule has 0 aromatic heterocycles. The predicted molar refractivity (Wildman–Crippen MR) is 54.1 cm³/mol. The third-order valence-electron chi connectivity index (χ3n) is 3.61. The largest absolute Gasteiger partial charge is 0.381 e. The standard InChI is InChI=1S/C11H20FNO/c1-9-2-5-13(8-11(9)12)10-3-6-14-7-4-10/h9-11H,2-8H2,1H3/t9-,11+/m1/s1. The van der Waals surface area contributed by atoms with Crippen molar-refractivity contribution in [2.45, 2.75) is 38.4 Å². The van der Waals surface area contributed by atoms with Crippen LogP contribution in [0.25, 0.3) is 0 Å². The lowest BCUT2D eigenvalue weighted by Gasteiger charge is -2.39. The van der Waals surface area contributed by atoms with Gasteiger partial charge in [0, 0.05) is 25.8 Å². The third-order valence-corrected chi connectivity index (χ3v) is 3.61. The van der Waals surface area contributed by atoms with Crippen LogP contribution in [-0.4, -0.2) is 43.4 Å². The van der Waals surface area contributed by atoms with Gasteiger partial charge in [-0.05, 0) is 31.7 Å². The van der Waals surface area contributed by atoms with Gasteiger partial charge in [0.05, 0.1) is 0 Å². The van der Waals surface area contributed by atoms with Crippen LogP contribution >= 0.6 is 0 Å². The molecule has 14 heavy (non-hydrogen) atoms. The normalized spacial score (nSPS) is 37.3. The maximum atomic E-state index is 13.5. The monoisotopic (exact) mass is 201 g/mol. The van der Waals surface area contributed by atoms with Gasteiger partial charge in [0.1, 0.15) is 6.17 Å². The molecule has 0 unspecified atom stereocenters. The molecule has 2 nitrogen and oxygen atoms in total. The molecule has 0 amide bonds. The SMILES string of the molecule is C[C@@H]1CCN(C2CCOCC2)C[C@@H]1F. The summed E-state index contributed by atoms with van der Waals surface area (Å²) in [5, 5.41) is 0. The second kappa shape index (κ2) is 4.58. The molecule has 2 atom stereocenters. The van der Waals surface area contributed by atoms with Crippen molar-refractivity contribution < 1.29 is 9.13 Å². The smallest absolute Gasteiger partial charge is 0.115 e. The summed E-state index contributed by atoms with van der Waals surface area (Å²) in [4.78, 5) is 2.33. The minimum atomic E-state index is -0.619. The van der Waals surface area contributed by atoms with Gasteiger partial charge in [-0.1, -0.05) is 6.92 Å². The van der Waals surface area contributed by atoms with Crippen LogP contribution in [-0.2, 0) is 4.74 Å². The van der Waals surface area contributed by atoms with Crippen LogP contribution in [0.15, 0.2) is 0 Å². The number of nitrogens with zero attached hydrogens (tertiary/aromatic N) is 1. The Morgan fingerprint density at radius 3 is 2.57 bits per heavy atom. The van der Waals surface area contributed by atoms with Crippen LogP contribution in [0.5, 0.6) is 0 Å². The highest BCUT2D eigenvalue weighted by Crippen LogP contribution is 2.24. The minimum Gasteiger partial charge on any atom is -0.381 e. The van der Waals surface area contributed by atoms with E-state index in [4.69, 9.17) is 4.74 Å². The van der Waals surface area contributed by atoms with E-state index in [1.54, 1.807) is 0 Å². The number of piperidine rings is 1. The summed E-state index contributed by atoms with van der Waals surface area (Å²) in [6, 6.07) is 0.578. The zero-order valence-electron chi connectivity index (χ0n) is 8.92. The summed E-state index contributed by atoms with van der Waals surface area (Å²) in [5.74, 6) is 0.256. The quantitative estimate of drug-likeness (QED) is 0.642. The van der Waals surface area contributed by atoms with Crippen LogP contribution in [0.4, 0.5) is 4.39 Å². The van der Waals surface area contributed by atoms with Gasteiger partial charge in [0.25, 0.3) is 0 Å². The van der Waals surface area contributed by atoms with E-state index in [0.717, 1.165) is 39.0 Å². The molecular formula is C11H20FNO. The predicted octanol–water partition coefficient (Wildman–Crippen LogP) is 1.85. The minimum absolute atomic E-state index is 0.256. The van der Waals surface area contributed by atoms with Crippen LogP contribution in [0.1, 0.15) is 26.2 Å². The third kappa shape index (κ3) is 2.26. The van der Waals surface area contributed by atoms with E-state index in [1.807, 2.05) is 6.92 Å². The highest BCUT2D eigenvalue weighted by molar-refractivity contribution is 4.83. The molecule has 0 aliphatic carbocycles. The second-order valence-electron chi connectivity index (χ2n) is 4.62. The zero-order chi connectivity index (χ0) is 9.97. The first-order chi connectivity index (χ1) is 6.77. The topological polar surface area (TPSA) is 12.5 Å². The van der Waals surface area contributed by atoms with E-state index < -0.39 is 6.17 Å². The van der Waals surface area contributed by atoms with E-state index >= 15 is 0 Å². The van der Waals surface area contributed by atoms with E-state index in [-0.39, 0.29) is 5.92 Å². The Bertz CT molecular complexity index is 182. The van der Waals surface area contributed by atoms with E-state index in [9.17, 15) is 4.39 Å². The summed E-state index contributed by atoms with van der Waals surface area (Å²) < 4.78 is 18.8. The Kier molecular flexibility index (Phi) is 3.39. The lowest BCUT2D eigenvalue weighted by Crippen LogP contribution is -2.48. The maximum Gasteiger partial charge on any atom is 0.115 e. The van der Waals surface area contributed by atoms with Gasteiger partial charge in [0.15, 0.2) is 0 Å². The van der Waals surface area contributed by atoms with Crippen molar-refractivity contribution in [3.63, 3.8) is 0 Å². The fourth-order valence-electron chi connectivity index (χ4n) is 2.43. The molecule has 0 aromatic rings. The second-order valence-corrected chi connectivity index (χ2v) is 4.62. The molecule has 2 saturated heterocycles. The average molecular weight is 201 g/mol. The lowest BCUT2D eigenvalue weighted by molar-refractivity contribution is 0.000744. The number of likely N-dealkylation sites (tertiary alicyclic amines) is 1. The molecule has 0 radical (unpaired) electrons. The van der Waals surface area contributed by atoms with Gasteiger partial charge in [-0.2, -0.15) is 0 Å². The molecular weight excluding hydrogens is 181 g/mol. The number of hydrogen-bond donors (Lipinski definition) is 0. The first kappa shape index (κ1) is 10.4. The molecule has 2 rings (SSSR count). The number of ether oxygens (including phenoxy) is 1. The molecule has 82 valence electrons. The fourth-order valence-corrected chi connectivity index (χ4v) is 2.43. The number of hydrogen-bond acceptors (Lipinski definition) is 2. The number of halogens is 1. The van der Waals surface area contributed by atoms with Gasteiger partial charge in [-0.25, -0.2) is 4.39 Å². The summed E-state index contributed by atoms with van der Waals surface area (Å²) in [5.41, 5.74) is 0. The fraction of sp³-hybridized carbons (Fsp3) is 1.00. The molecule has 2 aliphatic heterocycles. The van der Waals surface area contributed by atoms with Gasteiger partial charge in [-0.3, -0.25) is 4.90 Å². The lowest BCUT2D eigenvalue weighted by atomic mass is 9.94. The molecule has 2 aliphatic rings. The average Bonchev–Trinajstić information content (AvgIpc) is 2.23. The Hall–Kier alpha value is -0.150. The first-order valence-corrected chi connectivity index (χ1v) is 5.73. The zero-order valence-corrected chi connectivity index (χ0v) is 8.92. The van der Waals surface area contributed by atoms with Gasteiger partial charge >= 0.3 is 0 Å². The van der Waals surface area contributed by atoms with Crippen molar-refractivity contribution in [1.82, 2.24) is 4.90 Å². The van der Waals surface area contributed by atoms with Crippen molar-refractivity contribution in [3.8, 4) is 0 Å². The Morgan fingerprint density at radius 2 is 1.93 bits per heavy atom. The van der Waals surface area contributed by atoms with Crippen LogP contribution in [0.2, 0.25) is 0 Å². The Labute approximate surface area is 85.4 Å². The molecule has 0 aromatic carbocycles. The number of alkyl halides is 1. The summed E-state index contributed by atoms with van der Waals surface area (Å²) in [7, 11) is 0. The summed E-state index contributed by atoms with van der Waals surface area (Å²) >= 11 is 0. The molecule has 0 bridgehead atoms. The van der Waals surface area contributed by atoms with E-state index in [2.05, 4.69) is 4.90 Å². The number of rotatable bonds is 1. The Morgan fingerprint density at radius 1 is 1.21 bits per heavy atom. The first-order valence-electron chi connectivity index (χ1n) is 5.73. The molecule has 3 heteroatoms. The van der Waals surface area contributed by atoms with E-state index in [0.29, 0.717) is 12.6 Å². The van der Waals surface area contributed by atoms with Crippen LogP contribution in [0.3, 0.4) is 0 Å². The highest BCUT2D eigenvalue weighted by Gasteiger charge is 2.30. The maximum absolute atomic E-state index is 13.5. The van der Waals surface area contributed by atoms with Crippen molar-refractivity contribution in [1.29, 1.82) is 0 Å². The van der Waals surface area contributed by atoms with Crippen molar-refractivity contribution in [2.24, 2.45) is 5.92 Å². The molecule has 0 spiro atoms. The van der Waals surface area contributed by atoms with Crippen molar-refractivity contribution in [3.05, 3.63) is 0 Å². The summed E-state index contributed by atoms with van der Waals surface area (Å²) in [6.45, 7) is 5.45. The van der Waals surface area contributed by atoms with Crippen LogP contribution < -0.4 is 0 Å². The Balaban J connectivity index is 1.85. The van der Waals surface area contributed by atoms with Crippen molar-refractivity contribution >= 4 is 0 Å². The molecule has 2 fully saturated rings. The molecule has 2 heterocycles. The van der Waals surface area contributed by atoms with Crippen molar-refractivity contribution in [2.75, 3.05) is 26.3 Å². The highest BCUT2D eigenvalue weighted by atomic mass is 19.1. The van der Waals surface area contributed by atoms with Gasteiger partial charge in [0.2, 0.25) is 0 Å². The summed E-state index contributed by atoms with van der Waals surface area (Å²) in [6.07, 6.45) is 2.56. The molecule has 0 N–H and O–H groups in total. The van der Waals surface area contributed by atoms with E-state index in [1.165, 1.54) is 0 Å². The van der Waals surface area contributed by atoms with Gasteiger partial charge in [-0.15, -0.1) is 0 Å². The van der Waals surface area contributed by atoms with Crippen LogP contribution in [0, 0.1) is 5.92 Å². The van der Waals surface area contributed by atoms with Gasteiger partial charge < -0.3 is 4.74 Å². The molecule has 0 saturated carbocycles.